The summed E-state index contributed by atoms with van der Waals surface area (Å²) >= 11 is 0. The maximum atomic E-state index is 10.7. The van der Waals surface area contributed by atoms with Crippen LogP contribution in [0.15, 0.2) is 12.1 Å². The molecular weight excluding hydrogens is 283 g/mol. The van der Waals surface area contributed by atoms with Gasteiger partial charge in [-0.2, -0.15) is 0 Å². The van der Waals surface area contributed by atoms with Gasteiger partial charge in [0.2, 0.25) is 0 Å². The summed E-state index contributed by atoms with van der Waals surface area (Å²) in [6, 6.07) is 2.96. The molecule has 0 aliphatic heterocycles. The van der Waals surface area contributed by atoms with Crippen molar-refractivity contribution in [1.82, 2.24) is 0 Å². The molecule has 0 fully saturated rings. The normalized spacial score (nSPS) is 8.88. The first kappa shape index (κ1) is 15.4. The van der Waals surface area contributed by atoms with Crippen LogP contribution < -0.4 is 15.7 Å². The molecule has 0 bridgehead atoms. The average molecular weight is 288 g/mol. The number of rotatable bonds is 1. The number of aryl methyl sites for hydroxylation is 1. The Labute approximate surface area is 107 Å². The van der Waals surface area contributed by atoms with E-state index in [0.717, 1.165) is 0 Å². The van der Waals surface area contributed by atoms with Gasteiger partial charge in [-0.3, -0.25) is 0 Å². The van der Waals surface area contributed by atoms with E-state index in [9.17, 15) is 19.2 Å². The Morgan fingerprint density at radius 3 is 1.88 bits per heavy atom. The minimum absolute atomic E-state index is 0. The van der Waals surface area contributed by atoms with Gasteiger partial charge in [-0.15, -0.1) is 0 Å². The third kappa shape index (κ3) is 2.93. The second kappa shape index (κ2) is 6.84. The molecule has 86 valence electrons. The first-order valence-corrected chi connectivity index (χ1v) is 5.49. The standard InChI is InChI=1S/C11H5O4P.Fe/c1-8-2-3-11(16(6-14)7-15)10(5-13)9(8)4-12;/h2-3H,1H3;. The van der Waals surface area contributed by atoms with Crippen molar-refractivity contribution in [3.63, 3.8) is 0 Å². The van der Waals surface area contributed by atoms with E-state index < -0.39 is 7.17 Å². The molecule has 0 aromatic heterocycles. The van der Waals surface area contributed by atoms with Crippen LogP contribution >= 0.6 is 7.17 Å². The van der Waals surface area contributed by atoms with E-state index in [-0.39, 0.29) is 32.8 Å². The molecule has 0 spiro atoms. The molecule has 0 N–H and O–H groups in total. The number of hydrogen-bond acceptors (Lipinski definition) is 4. The third-order valence-corrected chi connectivity index (χ3v) is 3.24. The molecule has 1 aromatic rings. The molecule has 4 nitrogen and oxygen atoms in total. The smallest absolute Gasteiger partial charge is 0.161 e. The van der Waals surface area contributed by atoms with E-state index in [4.69, 9.17) is 0 Å². The topological polar surface area (TPSA) is 68.3 Å². The third-order valence-electron chi connectivity index (χ3n) is 2.02. The Morgan fingerprint density at radius 2 is 1.47 bits per heavy atom. The van der Waals surface area contributed by atoms with Crippen LogP contribution in [0.5, 0.6) is 0 Å². The SMILES string of the molecule is Cc1ccc(P(=C=O)=C=O)c(=C=O)c1=C=O.[Fe]. The molecule has 0 saturated carbocycles. The van der Waals surface area contributed by atoms with Gasteiger partial charge in [0.1, 0.15) is 11.9 Å². The largest absolute Gasteiger partial charge is 0.233 e. The van der Waals surface area contributed by atoms with Gasteiger partial charge in [0.15, 0.2) is 11.3 Å². The van der Waals surface area contributed by atoms with Crippen LogP contribution in [-0.2, 0) is 36.2 Å². The Bertz CT molecular complexity index is 722. The van der Waals surface area contributed by atoms with Crippen LogP contribution in [0.4, 0.5) is 0 Å². The van der Waals surface area contributed by atoms with Crippen molar-refractivity contribution in [3.8, 4) is 0 Å². The van der Waals surface area contributed by atoms with Crippen molar-refractivity contribution in [1.29, 1.82) is 0 Å². The second-order valence-electron chi connectivity index (χ2n) is 2.87. The molecule has 0 saturated heterocycles. The number of carbonyl (C=O) groups excluding carboxylic acids is 4. The summed E-state index contributed by atoms with van der Waals surface area (Å²) in [4.78, 5) is 42.4. The van der Waals surface area contributed by atoms with Gasteiger partial charge in [0.05, 0.1) is 17.6 Å². The van der Waals surface area contributed by atoms with Gasteiger partial charge < -0.3 is 0 Å². The monoisotopic (exact) mass is 288 g/mol. The fourth-order valence-corrected chi connectivity index (χ4v) is 2.07. The summed E-state index contributed by atoms with van der Waals surface area (Å²) in [6.45, 7) is 1.61. The first-order valence-electron chi connectivity index (χ1n) is 4.15. The summed E-state index contributed by atoms with van der Waals surface area (Å²) in [6.07, 6.45) is 0. The van der Waals surface area contributed by atoms with E-state index >= 15 is 0 Å². The molecule has 1 aromatic carbocycles. The molecule has 1 rings (SSSR count). The average Bonchev–Trinajstić information content (AvgIpc) is 2.31. The Morgan fingerprint density at radius 1 is 0.941 bits per heavy atom. The Hall–Kier alpha value is -1.64. The van der Waals surface area contributed by atoms with Gasteiger partial charge in [0, 0.05) is 22.4 Å². The van der Waals surface area contributed by atoms with E-state index in [1.165, 1.54) is 23.5 Å². The van der Waals surface area contributed by atoms with Crippen LogP contribution in [-0.4, -0.2) is 23.2 Å². The van der Waals surface area contributed by atoms with Crippen LogP contribution in [0, 0.1) is 6.92 Å². The first-order chi connectivity index (χ1) is 7.69. The van der Waals surface area contributed by atoms with Crippen LogP contribution in [0.3, 0.4) is 0 Å². The molecule has 0 aliphatic carbocycles. The molecular formula is C11H5FeO4P. The zero-order valence-corrected chi connectivity index (χ0v) is 10.6. The van der Waals surface area contributed by atoms with E-state index in [2.05, 4.69) is 0 Å². The second-order valence-corrected chi connectivity index (χ2v) is 4.39. The maximum absolute atomic E-state index is 10.7. The van der Waals surface area contributed by atoms with Crippen LogP contribution in [0.25, 0.3) is 0 Å². The van der Waals surface area contributed by atoms with E-state index in [1.54, 1.807) is 18.8 Å². The van der Waals surface area contributed by atoms with Crippen molar-refractivity contribution in [3.05, 3.63) is 28.1 Å². The maximum Gasteiger partial charge on any atom is 0.161 e. The summed E-state index contributed by atoms with van der Waals surface area (Å²) in [5.74, 6) is 3.15. The van der Waals surface area contributed by atoms with Crippen molar-refractivity contribution < 1.29 is 36.2 Å². The molecule has 17 heavy (non-hydrogen) atoms. The van der Waals surface area contributed by atoms with Crippen molar-refractivity contribution in [2.24, 2.45) is 0 Å². The molecule has 0 amide bonds. The number of hydrogen-bond donors (Lipinski definition) is 0. The van der Waals surface area contributed by atoms with Gasteiger partial charge in [-0.1, -0.05) is 6.07 Å². The summed E-state index contributed by atoms with van der Waals surface area (Å²) in [5, 5.41) is 0.0530. The minimum atomic E-state index is -1.96. The molecule has 0 atom stereocenters. The van der Waals surface area contributed by atoms with E-state index in [0.29, 0.717) is 5.56 Å². The molecule has 0 unspecified atom stereocenters. The van der Waals surface area contributed by atoms with Gasteiger partial charge in [-0.25, -0.2) is 19.2 Å². The fourth-order valence-electron chi connectivity index (χ4n) is 1.23. The van der Waals surface area contributed by atoms with Gasteiger partial charge in [-0.05, 0) is 18.6 Å². The summed E-state index contributed by atoms with van der Waals surface area (Å²) < 4.78 is 0. The predicted octanol–water partition coefficient (Wildman–Crippen LogP) is -1.76. The molecule has 0 aliphatic rings. The van der Waals surface area contributed by atoms with Crippen molar-refractivity contribution >= 4 is 35.7 Å². The minimum Gasteiger partial charge on any atom is -0.233 e. The molecule has 6 heteroatoms. The Balaban J connectivity index is 0.00000256. The zero-order chi connectivity index (χ0) is 12.1. The van der Waals surface area contributed by atoms with Crippen molar-refractivity contribution in [2.45, 2.75) is 6.92 Å². The fraction of sp³-hybridized carbons (Fsp3) is 0.0909. The van der Waals surface area contributed by atoms with E-state index in [1.807, 2.05) is 0 Å². The zero-order valence-electron chi connectivity index (χ0n) is 8.59. The van der Waals surface area contributed by atoms with Gasteiger partial charge >= 0.3 is 0 Å². The number of benzene rings is 1. The van der Waals surface area contributed by atoms with Gasteiger partial charge in [0.25, 0.3) is 0 Å². The Kier molecular flexibility index (Phi) is 6.18. The van der Waals surface area contributed by atoms with Crippen LogP contribution in [0.2, 0.25) is 0 Å². The molecule has 0 radical (unpaired) electrons. The molecule has 0 heterocycles. The summed E-state index contributed by atoms with van der Waals surface area (Å²) in [7, 11) is -1.96. The van der Waals surface area contributed by atoms with Crippen LogP contribution in [0.1, 0.15) is 5.56 Å². The predicted molar refractivity (Wildman–Crippen MR) is 58.0 cm³/mol. The summed E-state index contributed by atoms with van der Waals surface area (Å²) in [5.41, 5.74) is 3.52. The van der Waals surface area contributed by atoms with Crippen molar-refractivity contribution in [2.75, 3.05) is 0 Å². The quantitative estimate of drug-likeness (QED) is 0.453.